The number of anilines is 1. The van der Waals surface area contributed by atoms with Gasteiger partial charge in [-0.15, -0.1) is 0 Å². The standard InChI is InChI=1S/C20H24FN5O/c1-14-12-25(20(27)23-10-15-2-3-15)8-9-26(14)18-11-22-13-24-19(18)16-4-6-17(21)7-5-16/h4-7,11,13-15H,2-3,8-10,12H2,1H3,(H,23,27)/t14-/m1/s1. The number of piperazine rings is 1. The van der Waals surface area contributed by atoms with Crippen molar-refractivity contribution in [2.75, 3.05) is 31.1 Å². The maximum atomic E-state index is 13.3. The largest absolute Gasteiger partial charge is 0.362 e. The Kier molecular flexibility index (Phi) is 4.92. The Morgan fingerprint density at radius 3 is 2.74 bits per heavy atom. The summed E-state index contributed by atoms with van der Waals surface area (Å²) in [6, 6.07) is 6.49. The van der Waals surface area contributed by atoms with Crippen molar-refractivity contribution in [3.8, 4) is 11.3 Å². The van der Waals surface area contributed by atoms with Gasteiger partial charge in [-0.2, -0.15) is 0 Å². The molecule has 7 heteroatoms. The first-order chi connectivity index (χ1) is 13.1. The van der Waals surface area contributed by atoms with E-state index < -0.39 is 0 Å². The lowest BCUT2D eigenvalue weighted by Gasteiger charge is -2.41. The lowest BCUT2D eigenvalue weighted by molar-refractivity contribution is 0.186. The molecule has 1 N–H and O–H groups in total. The molecule has 2 heterocycles. The summed E-state index contributed by atoms with van der Waals surface area (Å²) < 4.78 is 13.3. The molecule has 27 heavy (non-hydrogen) atoms. The van der Waals surface area contributed by atoms with E-state index in [2.05, 4.69) is 27.1 Å². The summed E-state index contributed by atoms with van der Waals surface area (Å²) in [5.41, 5.74) is 2.55. The molecule has 2 aromatic rings. The molecule has 1 aromatic carbocycles. The van der Waals surface area contributed by atoms with Crippen LogP contribution >= 0.6 is 0 Å². The Balaban J connectivity index is 1.48. The van der Waals surface area contributed by atoms with E-state index in [0.717, 1.165) is 23.5 Å². The molecule has 1 aliphatic heterocycles. The smallest absolute Gasteiger partial charge is 0.317 e. The van der Waals surface area contributed by atoms with Crippen LogP contribution in [0.15, 0.2) is 36.8 Å². The van der Waals surface area contributed by atoms with Crippen molar-refractivity contribution < 1.29 is 9.18 Å². The highest BCUT2D eigenvalue weighted by atomic mass is 19.1. The average Bonchev–Trinajstić information content (AvgIpc) is 3.51. The van der Waals surface area contributed by atoms with Gasteiger partial charge in [0, 0.05) is 37.8 Å². The Labute approximate surface area is 158 Å². The number of carbonyl (C=O) groups is 1. The van der Waals surface area contributed by atoms with Gasteiger partial charge >= 0.3 is 6.03 Å². The number of benzene rings is 1. The summed E-state index contributed by atoms with van der Waals surface area (Å²) in [4.78, 5) is 25.1. The summed E-state index contributed by atoms with van der Waals surface area (Å²) in [7, 11) is 0. The van der Waals surface area contributed by atoms with Gasteiger partial charge in [-0.1, -0.05) is 0 Å². The minimum absolute atomic E-state index is 0.0245. The molecule has 2 fully saturated rings. The molecule has 2 aliphatic rings. The molecule has 2 amide bonds. The van der Waals surface area contributed by atoms with Gasteiger partial charge < -0.3 is 15.1 Å². The lowest BCUT2D eigenvalue weighted by Crippen LogP contribution is -2.56. The number of nitrogens with one attached hydrogen (secondary N) is 1. The second-order valence-corrected chi connectivity index (χ2v) is 7.38. The van der Waals surface area contributed by atoms with Crippen LogP contribution in [0.2, 0.25) is 0 Å². The first-order valence-corrected chi connectivity index (χ1v) is 9.47. The van der Waals surface area contributed by atoms with Crippen molar-refractivity contribution in [3.05, 3.63) is 42.6 Å². The zero-order chi connectivity index (χ0) is 18.8. The third-order valence-electron chi connectivity index (χ3n) is 5.27. The highest BCUT2D eigenvalue weighted by Crippen LogP contribution is 2.31. The number of nitrogens with zero attached hydrogens (tertiary/aromatic N) is 4. The fourth-order valence-corrected chi connectivity index (χ4v) is 3.53. The minimum Gasteiger partial charge on any atom is -0.362 e. The van der Waals surface area contributed by atoms with Crippen molar-refractivity contribution in [2.24, 2.45) is 5.92 Å². The van der Waals surface area contributed by atoms with Gasteiger partial charge in [0.05, 0.1) is 17.6 Å². The maximum absolute atomic E-state index is 13.3. The normalized spacial score (nSPS) is 19.9. The van der Waals surface area contributed by atoms with Crippen molar-refractivity contribution >= 4 is 11.7 Å². The number of urea groups is 1. The van der Waals surface area contributed by atoms with E-state index in [9.17, 15) is 9.18 Å². The fourth-order valence-electron chi connectivity index (χ4n) is 3.53. The van der Waals surface area contributed by atoms with Crippen LogP contribution in [0.5, 0.6) is 0 Å². The van der Waals surface area contributed by atoms with Crippen LogP contribution in [0.1, 0.15) is 19.8 Å². The van der Waals surface area contributed by atoms with E-state index in [4.69, 9.17) is 0 Å². The van der Waals surface area contributed by atoms with E-state index >= 15 is 0 Å². The predicted molar refractivity (Wildman–Crippen MR) is 102 cm³/mol. The number of hydrogen-bond donors (Lipinski definition) is 1. The molecule has 1 saturated heterocycles. The molecule has 1 aromatic heterocycles. The van der Waals surface area contributed by atoms with Gasteiger partial charge in [-0.25, -0.2) is 19.2 Å². The third-order valence-corrected chi connectivity index (χ3v) is 5.27. The van der Waals surface area contributed by atoms with Crippen LogP contribution in [0.25, 0.3) is 11.3 Å². The summed E-state index contributed by atoms with van der Waals surface area (Å²) in [6.07, 6.45) is 5.76. The van der Waals surface area contributed by atoms with Gasteiger partial charge in [0.25, 0.3) is 0 Å². The summed E-state index contributed by atoms with van der Waals surface area (Å²) in [6.45, 7) is 4.89. The maximum Gasteiger partial charge on any atom is 0.317 e. The van der Waals surface area contributed by atoms with Crippen molar-refractivity contribution in [2.45, 2.75) is 25.8 Å². The van der Waals surface area contributed by atoms with E-state index in [1.165, 1.54) is 31.3 Å². The molecule has 1 saturated carbocycles. The second-order valence-electron chi connectivity index (χ2n) is 7.38. The van der Waals surface area contributed by atoms with Crippen LogP contribution in [-0.2, 0) is 0 Å². The van der Waals surface area contributed by atoms with Crippen LogP contribution in [-0.4, -0.2) is 53.1 Å². The highest BCUT2D eigenvalue weighted by Gasteiger charge is 2.30. The number of hydrogen-bond acceptors (Lipinski definition) is 4. The summed E-state index contributed by atoms with van der Waals surface area (Å²) in [5.74, 6) is 0.404. The van der Waals surface area contributed by atoms with Crippen molar-refractivity contribution in [1.29, 1.82) is 0 Å². The van der Waals surface area contributed by atoms with Gasteiger partial charge in [0.1, 0.15) is 12.1 Å². The van der Waals surface area contributed by atoms with Gasteiger partial charge in [-0.3, -0.25) is 0 Å². The van der Waals surface area contributed by atoms with E-state index in [-0.39, 0.29) is 17.9 Å². The number of halogens is 1. The van der Waals surface area contributed by atoms with Crippen LogP contribution in [0.3, 0.4) is 0 Å². The number of carbonyl (C=O) groups excluding carboxylic acids is 1. The van der Waals surface area contributed by atoms with Crippen molar-refractivity contribution in [3.63, 3.8) is 0 Å². The molecular weight excluding hydrogens is 345 g/mol. The Hall–Kier alpha value is -2.70. The van der Waals surface area contributed by atoms with E-state index in [1.807, 2.05) is 4.90 Å². The summed E-state index contributed by atoms with van der Waals surface area (Å²) >= 11 is 0. The van der Waals surface area contributed by atoms with Crippen LogP contribution in [0, 0.1) is 11.7 Å². The fraction of sp³-hybridized carbons (Fsp3) is 0.450. The zero-order valence-corrected chi connectivity index (χ0v) is 15.4. The SMILES string of the molecule is C[C@@H]1CN(C(=O)NCC2CC2)CCN1c1cncnc1-c1ccc(F)cc1. The number of amides is 2. The zero-order valence-electron chi connectivity index (χ0n) is 15.4. The topological polar surface area (TPSA) is 61.4 Å². The Bertz CT molecular complexity index is 808. The second kappa shape index (κ2) is 7.50. The van der Waals surface area contributed by atoms with Crippen LogP contribution in [0.4, 0.5) is 14.9 Å². The number of rotatable bonds is 4. The van der Waals surface area contributed by atoms with E-state index in [0.29, 0.717) is 25.6 Å². The average molecular weight is 369 g/mol. The molecule has 1 atom stereocenters. The molecule has 0 spiro atoms. The Morgan fingerprint density at radius 1 is 1.26 bits per heavy atom. The van der Waals surface area contributed by atoms with Crippen molar-refractivity contribution in [1.82, 2.24) is 20.2 Å². The molecule has 4 rings (SSSR count). The molecular formula is C20H24FN5O. The molecule has 6 nitrogen and oxygen atoms in total. The number of aromatic nitrogens is 2. The highest BCUT2D eigenvalue weighted by molar-refractivity contribution is 5.76. The lowest BCUT2D eigenvalue weighted by atomic mass is 10.1. The first kappa shape index (κ1) is 17.7. The molecule has 142 valence electrons. The van der Waals surface area contributed by atoms with Crippen LogP contribution < -0.4 is 10.2 Å². The molecule has 0 bridgehead atoms. The quantitative estimate of drug-likeness (QED) is 0.900. The Morgan fingerprint density at radius 2 is 2.04 bits per heavy atom. The first-order valence-electron chi connectivity index (χ1n) is 9.47. The van der Waals surface area contributed by atoms with Gasteiger partial charge in [-0.05, 0) is 49.9 Å². The van der Waals surface area contributed by atoms with Gasteiger partial charge in [0.2, 0.25) is 0 Å². The summed E-state index contributed by atoms with van der Waals surface area (Å²) in [5, 5.41) is 3.04. The molecule has 0 radical (unpaired) electrons. The molecule has 0 unspecified atom stereocenters. The monoisotopic (exact) mass is 369 g/mol. The third kappa shape index (κ3) is 4.02. The predicted octanol–water partition coefficient (Wildman–Crippen LogP) is 2.91. The van der Waals surface area contributed by atoms with E-state index in [1.54, 1.807) is 18.3 Å². The minimum atomic E-state index is -0.270. The molecule has 1 aliphatic carbocycles. The van der Waals surface area contributed by atoms with Gasteiger partial charge in [0.15, 0.2) is 0 Å².